The van der Waals surface area contributed by atoms with Crippen molar-refractivity contribution >= 4 is 11.6 Å². The number of amides is 1. The first-order chi connectivity index (χ1) is 13.5. The van der Waals surface area contributed by atoms with Crippen LogP contribution in [0, 0.1) is 17.5 Å². The van der Waals surface area contributed by atoms with E-state index in [-0.39, 0.29) is 11.4 Å². The Labute approximate surface area is 159 Å². The molecule has 0 saturated heterocycles. The summed E-state index contributed by atoms with van der Waals surface area (Å²) in [5, 5.41) is 0. The van der Waals surface area contributed by atoms with Crippen LogP contribution < -0.4 is 9.64 Å². The summed E-state index contributed by atoms with van der Waals surface area (Å²) in [5.41, 5.74) is 1.57. The van der Waals surface area contributed by atoms with Crippen LogP contribution in [-0.2, 0) is 6.42 Å². The smallest absolute Gasteiger partial charge is 0.263 e. The third kappa shape index (κ3) is 3.43. The molecule has 1 aliphatic heterocycles. The average Bonchev–Trinajstić information content (AvgIpc) is 2.71. The quantitative estimate of drug-likeness (QED) is 0.646. The number of ether oxygens (including phenoxy) is 1. The standard InChI is InChI=1S/C21H15F3N2O2/c22-14-7-8-17(24)19(11-14)28-20-16(10-15(23)12-25-20)21(27)26-9-3-5-13-4-1-2-6-18(13)26/h1-2,4,6-8,10-12H,3,5,9H2. The van der Waals surface area contributed by atoms with Gasteiger partial charge >= 0.3 is 0 Å². The van der Waals surface area contributed by atoms with E-state index in [1.165, 1.54) is 4.90 Å². The Morgan fingerprint density at radius 3 is 2.71 bits per heavy atom. The summed E-state index contributed by atoms with van der Waals surface area (Å²) in [6.45, 7) is 0.445. The van der Waals surface area contributed by atoms with Crippen LogP contribution in [0.4, 0.5) is 18.9 Å². The van der Waals surface area contributed by atoms with Crippen LogP contribution in [0.1, 0.15) is 22.3 Å². The summed E-state index contributed by atoms with van der Waals surface area (Å²) in [7, 11) is 0. The van der Waals surface area contributed by atoms with Crippen molar-refractivity contribution in [1.29, 1.82) is 0 Å². The van der Waals surface area contributed by atoms with Gasteiger partial charge < -0.3 is 9.64 Å². The second-order valence-corrected chi connectivity index (χ2v) is 6.37. The molecule has 3 aromatic rings. The number of anilines is 1. The predicted molar refractivity (Wildman–Crippen MR) is 97.1 cm³/mol. The average molecular weight is 384 g/mol. The minimum atomic E-state index is -0.825. The number of para-hydroxylation sites is 1. The molecular formula is C21H15F3N2O2. The summed E-state index contributed by atoms with van der Waals surface area (Å²) in [4.78, 5) is 18.4. The molecule has 0 aliphatic carbocycles. The fourth-order valence-corrected chi connectivity index (χ4v) is 3.21. The molecule has 1 amide bonds. The number of fused-ring (bicyclic) bond motifs is 1. The van der Waals surface area contributed by atoms with E-state index in [4.69, 9.17) is 4.74 Å². The van der Waals surface area contributed by atoms with Gasteiger partial charge in [-0.1, -0.05) is 18.2 Å². The molecule has 0 spiro atoms. The monoisotopic (exact) mass is 384 g/mol. The summed E-state index contributed by atoms with van der Waals surface area (Å²) < 4.78 is 46.5. The number of hydrogen-bond donors (Lipinski definition) is 0. The summed E-state index contributed by atoms with van der Waals surface area (Å²) in [6, 6.07) is 11.1. The zero-order chi connectivity index (χ0) is 19.7. The molecule has 1 aliphatic rings. The van der Waals surface area contributed by atoms with E-state index in [9.17, 15) is 18.0 Å². The molecule has 4 rings (SSSR count). The van der Waals surface area contributed by atoms with Crippen LogP contribution in [0.25, 0.3) is 0 Å². The van der Waals surface area contributed by atoms with Crippen LogP contribution in [0.2, 0.25) is 0 Å². The van der Waals surface area contributed by atoms with Crippen LogP contribution in [-0.4, -0.2) is 17.4 Å². The van der Waals surface area contributed by atoms with Crippen molar-refractivity contribution < 1.29 is 22.7 Å². The molecule has 0 unspecified atom stereocenters. The van der Waals surface area contributed by atoms with Gasteiger partial charge in [-0.25, -0.2) is 18.2 Å². The van der Waals surface area contributed by atoms with E-state index in [0.29, 0.717) is 6.54 Å². The van der Waals surface area contributed by atoms with E-state index in [2.05, 4.69) is 4.98 Å². The van der Waals surface area contributed by atoms with Crippen LogP contribution in [0.3, 0.4) is 0 Å². The number of hydrogen-bond acceptors (Lipinski definition) is 3. The minimum absolute atomic E-state index is 0.166. The number of rotatable bonds is 3. The first-order valence-corrected chi connectivity index (χ1v) is 8.71. The van der Waals surface area contributed by atoms with Gasteiger partial charge in [0.1, 0.15) is 17.2 Å². The second kappa shape index (κ2) is 7.34. The lowest BCUT2D eigenvalue weighted by atomic mass is 10.0. The van der Waals surface area contributed by atoms with E-state index in [0.717, 1.165) is 54.6 Å². The lowest BCUT2D eigenvalue weighted by molar-refractivity contribution is 0.0981. The molecule has 0 atom stereocenters. The van der Waals surface area contributed by atoms with Crippen molar-refractivity contribution in [2.45, 2.75) is 12.8 Å². The first kappa shape index (κ1) is 18.0. The van der Waals surface area contributed by atoms with Crippen molar-refractivity contribution in [3.8, 4) is 11.6 Å². The number of benzene rings is 2. The number of nitrogens with zero attached hydrogens (tertiary/aromatic N) is 2. The van der Waals surface area contributed by atoms with E-state index < -0.39 is 29.1 Å². The third-order valence-corrected chi connectivity index (χ3v) is 4.50. The van der Waals surface area contributed by atoms with Gasteiger partial charge in [-0.05, 0) is 42.7 Å². The largest absolute Gasteiger partial charge is 0.435 e. The van der Waals surface area contributed by atoms with E-state index >= 15 is 0 Å². The molecule has 1 aromatic heterocycles. The van der Waals surface area contributed by atoms with Crippen molar-refractivity contribution in [3.63, 3.8) is 0 Å². The highest BCUT2D eigenvalue weighted by Crippen LogP contribution is 2.32. The predicted octanol–water partition coefficient (Wildman–Crippen LogP) is 4.88. The maximum atomic E-state index is 13.9. The molecular weight excluding hydrogens is 369 g/mol. The lowest BCUT2D eigenvalue weighted by Crippen LogP contribution is -2.35. The summed E-state index contributed by atoms with van der Waals surface area (Å²) >= 11 is 0. The number of halogens is 3. The van der Waals surface area contributed by atoms with Crippen molar-refractivity contribution in [2.24, 2.45) is 0 Å². The fraction of sp³-hybridized carbons (Fsp3) is 0.143. The highest BCUT2D eigenvalue weighted by atomic mass is 19.1. The van der Waals surface area contributed by atoms with Gasteiger partial charge in [-0.3, -0.25) is 4.79 Å². The number of pyridine rings is 1. The number of carbonyl (C=O) groups is 1. The minimum Gasteiger partial charge on any atom is -0.435 e. The molecule has 0 fully saturated rings. The van der Waals surface area contributed by atoms with Crippen LogP contribution in [0.5, 0.6) is 11.6 Å². The molecule has 7 heteroatoms. The molecule has 4 nitrogen and oxygen atoms in total. The van der Waals surface area contributed by atoms with Crippen molar-refractivity contribution in [2.75, 3.05) is 11.4 Å². The Morgan fingerprint density at radius 1 is 1.04 bits per heavy atom. The van der Waals surface area contributed by atoms with Crippen molar-refractivity contribution in [1.82, 2.24) is 4.98 Å². The second-order valence-electron chi connectivity index (χ2n) is 6.37. The number of carbonyl (C=O) groups excluding carboxylic acids is 1. The molecule has 2 heterocycles. The molecule has 0 radical (unpaired) electrons. The topological polar surface area (TPSA) is 42.4 Å². The fourth-order valence-electron chi connectivity index (χ4n) is 3.21. The van der Waals surface area contributed by atoms with Gasteiger partial charge in [0, 0.05) is 18.3 Å². The Hall–Kier alpha value is -3.35. The molecule has 0 bridgehead atoms. The highest BCUT2D eigenvalue weighted by molar-refractivity contribution is 6.08. The van der Waals surface area contributed by atoms with Gasteiger partial charge in [0.15, 0.2) is 11.6 Å². The zero-order valence-electron chi connectivity index (χ0n) is 14.7. The van der Waals surface area contributed by atoms with Gasteiger partial charge in [0.05, 0.1) is 6.20 Å². The molecule has 142 valence electrons. The molecule has 28 heavy (non-hydrogen) atoms. The van der Waals surface area contributed by atoms with Crippen LogP contribution in [0.15, 0.2) is 54.7 Å². The molecule has 0 saturated carbocycles. The van der Waals surface area contributed by atoms with Gasteiger partial charge in [0.25, 0.3) is 5.91 Å². The van der Waals surface area contributed by atoms with Gasteiger partial charge in [-0.2, -0.15) is 0 Å². The van der Waals surface area contributed by atoms with E-state index in [1.807, 2.05) is 24.3 Å². The van der Waals surface area contributed by atoms with Gasteiger partial charge in [-0.15, -0.1) is 0 Å². The summed E-state index contributed by atoms with van der Waals surface area (Å²) in [6.07, 6.45) is 2.44. The Bertz CT molecular complexity index is 1060. The number of aromatic nitrogens is 1. The first-order valence-electron chi connectivity index (χ1n) is 8.71. The molecule has 0 N–H and O–H groups in total. The summed E-state index contributed by atoms with van der Waals surface area (Å²) in [5.74, 6) is -3.52. The van der Waals surface area contributed by atoms with E-state index in [1.54, 1.807) is 0 Å². The number of aryl methyl sites for hydroxylation is 1. The van der Waals surface area contributed by atoms with Gasteiger partial charge in [0.2, 0.25) is 5.88 Å². The Kier molecular flexibility index (Phi) is 4.73. The maximum absolute atomic E-state index is 13.9. The Morgan fingerprint density at radius 2 is 1.86 bits per heavy atom. The normalized spacial score (nSPS) is 13.2. The maximum Gasteiger partial charge on any atom is 0.263 e. The Balaban J connectivity index is 1.73. The molecule has 2 aromatic carbocycles. The van der Waals surface area contributed by atoms with Crippen molar-refractivity contribution in [3.05, 3.63) is 83.3 Å². The zero-order valence-corrected chi connectivity index (χ0v) is 14.7. The lowest BCUT2D eigenvalue weighted by Gasteiger charge is -2.29. The highest BCUT2D eigenvalue weighted by Gasteiger charge is 2.27. The third-order valence-electron chi connectivity index (χ3n) is 4.50. The van der Waals surface area contributed by atoms with Crippen LogP contribution >= 0.6 is 0 Å². The SMILES string of the molecule is O=C(c1cc(F)cnc1Oc1cc(F)ccc1F)N1CCCc2ccccc21.